The van der Waals surface area contributed by atoms with E-state index in [0.29, 0.717) is 22.3 Å². The second-order valence-corrected chi connectivity index (χ2v) is 4.60. The number of carboxylic acid groups (broad SMARTS) is 1. The van der Waals surface area contributed by atoms with E-state index in [-0.39, 0.29) is 5.56 Å². The molecule has 0 bridgehead atoms. The molecule has 98 valence electrons. The van der Waals surface area contributed by atoms with Gasteiger partial charge in [-0.1, -0.05) is 17.7 Å². The molecule has 0 aliphatic heterocycles. The highest BCUT2D eigenvalue weighted by atomic mass is 16.4. The number of nitrogens with zero attached hydrogens (tertiary/aromatic N) is 2. The highest BCUT2D eigenvalue weighted by Crippen LogP contribution is 2.24. The highest BCUT2D eigenvalue weighted by molar-refractivity contribution is 6.03. The van der Waals surface area contributed by atoms with Crippen LogP contribution in [0.15, 0.2) is 48.7 Å². The quantitative estimate of drug-likeness (QED) is 0.771. The molecule has 4 heteroatoms. The van der Waals surface area contributed by atoms with Crippen LogP contribution in [0.2, 0.25) is 0 Å². The van der Waals surface area contributed by atoms with Crippen LogP contribution in [0.1, 0.15) is 15.9 Å². The largest absolute Gasteiger partial charge is 0.478 e. The van der Waals surface area contributed by atoms with Crippen molar-refractivity contribution < 1.29 is 9.90 Å². The summed E-state index contributed by atoms with van der Waals surface area (Å²) >= 11 is 0. The molecule has 2 heterocycles. The molecule has 0 aliphatic rings. The molecule has 4 nitrogen and oxygen atoms in total. The molecule has 0 radical (unpaired) electrons. The van der Waals surface area contributed by atoms with Crippen molar-refractivity contribution in [2.24, 2.45) is 0 Å². The summed E-state index contributed by atoms with van der Waals surface area (Å²) in [4.78, 5) is 20.2. The first kappa shape index (κ1) is 12.3. The molecule has 1 aromatic carbocycles. The van der Waals surface area contributed by atoms with Crippen molar-refractivity contribution in [2.45, 2.75) is 6.92 Å². The fourth-order valence-electron chi connectivity index (χ4n) is 2.16. The number of hydrogen-bond donors (Lipinski definition) is 1. The predicted octanol–water partition coefficient (Wildman–Crippen LogP) is 3.30. The maximum absolute atomic E-state index is 11.5. The maximum atomic E-state index is 11.5. The van der Waals surface area contributed by atoms with E-state index >= 15 is 0 Å². The summed E-state index contributed by atoms with van der Waals surface area (Å²) in [6, 6.07) is 12.6. The Morgan fingerprint density at radius 2 is 1.95 bits per heavy atom. The third-order valence-electron chi connectivity index (χ3n) is 3.12. The first-order valence-corrected chi connectivity index (χ1v) is 6.21. The zero-order valence-corrected chi connectivity index (χ0v) is 10.9. The zero-order valence-electron chi connectivity index (χ0n) is 10.9. The Labute approximate surface area is 115 Å². The number of aromatic carboxylic acids is 1. The Balaban J connectivity index is 2.32. The van der Waals surface area contributed by atoms with Crippen molar-refractivity contribution in [1.82, 2.24) is 9.97 Å². The van der Waals surface area contributed by atoms with Crippen molar-refractivity contribution in [2.75, 3.05) is 0 Å². The van der Waals surface area contributed by atoms with Crippen LogP contribution in [0.25, 0.3) is 22.3 Å². The van der Waals surface area contributed by atoms with E-state index in [1.54, 1.807) is 12.3 Å². The van der Waals surface area contributed by atoms with Gasteiger partial charge >= 0.3 is 5.97 Å². The van der Waals surface area contributed by atoms with E-state index in [2.05, 4.69) is 9.97 Å². The highest BCUT2D eigenvalue weighted by Gasteiger charge is 2.13. The molecule has 0 saturated carbocycles. The lowest BCUT2D eigenvalue weighted by Crippen LogP contribution is -2.01. The summed E-state index contributed by atoms with van der Waals surface area (Å²) in [5.41, 5.74) is 3.15. The molecule has 3 rings (SSSR count). The minimum absolute atomic E-state index is 0.249. The number of carbonyl (C=O) groups is 1. The fraction of sp³-hybridized carbons (Fsp3) is 0.0625. The normalized spacial score (nSPS) is 10.7. The maximum Gasteiger partial charge on any atom is 0.336 e. The molecule has 20 heavy (non-hydrogen) atoms. The third kappa shape index (κ3) is 2.12. The number of rotatable bonds is 2. The smallest absolute Gasteiger partial charge is 0.336 e. The molecule has 0 atom stereocenters. The average molecular weight is 264 g/mol. The van der Waals surface area contributed by atoms with Crippen molar-refractivity contribution in [3.63, 3.8) is 0 Å². The van der Waals surface area contributed by atoms with Crippen LogP contribution >= 0.6 is 0 Å². The van der Waals surface area contributed by atoms with Gasteiger partial charge in [0.05, 0.1) is 22.5 Å². The summed E-state index contributed by atoms with van der Waals surface area (Å²) in [6.45, 7) is 1.93. The van der Waals surface area contributed by atoms with E-state index < -0.39 is 5.97 Å². The lowest BCUT2D eigenvalue weighted by Gasteiger charge is -2.07. The molecule has 0 amide bonds. The van der Waals surface area contributed by atoms with Crippen LogP contribution in [0.5, 0.6) is 0 Å². The monoisotopic (exact) mass is 264 g/mol. The van der Waals surface area contributed by atoms with Crippen LogP contribution in [0.3, 0.4) is 0 Å². The molecule has 0 fully saturated rings. The number of aryl methyl sites for hydroxylation is 1. The van der Waals surface area contributed by atoms with Crippen LogP contribution in [0.4, 0.5) is 0 Å². The van der Waals surface area contributed by atoms with Gasteiger partial charge in [-0.2, -0.15) is 0 Å². The summed E-state index contributed by atoms with van der Waals surface area (Å²) in [7, 11) is 0. The summed E-state index contributed by atoms with van der Waals surface area (Å²) < 4.78 is 0. The third-order valence-corrected chi connectivity index (χ3v) is 3.12. The molecule has 0 saturated heterocycles. The molecule has 3 aromatic rings. The van der Waals surface area contributed by atoms with Crippen molar-refractivity contribution in [1.29, 1.82) is 0 Å². The Kier molecular flexibility index (Phi) is 2.91. The second kappa shape index (κ2) is 4.74. The number of aromatic nitrogens is 2. The van der Waals surface area contributed by atoms with Gasteiger partial charge in [-0.25, -0.2) is 9.78 Å². The first-order chi connectivity index (χ1) is 9.65. The second-order valence-electron chi connectivity index (χ2n) is 4.60. The number of benzene rings is 1. The van der Waals surface area contributed by atoms with E-state index in [0.717, 1.165) is 5.56 Å². The number of hydrogen-bond acceptors (Lipinski definition) is 3. The fourth-order valence-corrected chi connectivity index (χ4v) is 2.16. The van der Waals surface area contributed by atoms with Crippen molar-refractivity contribution in [3.05, 3.63) is 59.8 Å². The minimum Gasteiger partial charge on any atom is -0.478 e. The van der Waals surface area contributed by atoms with Gasteiger partial charge in [0.25, 0.3) is 0 Å². The molecule has 0 unspecified atom stereocenters. The van der Waals surface area contributed by atoms with Gasteiger partial charge in [0.1, 0.15) is 0 Å². The lowest BCUT2D eigenvalue weighted by molar-refractivity contribution is 0.0699. The van der Waals surface area contributed by atoms with E-state index in [9.17, 15) is 9.90 Å². The van der Waals surface area contributed by atoms with E-state index in [1.807, 2.05) is 43.3 Å². The summed E-state index contributed by atoms with van der Waals surface area (Å²) in [5, 5.41) is 10.0. The lowest BCUT2D eigenvalue weighted by atomic mass is 10.0. The van der Waals surface area contributed by atoms with Gasteiger partial charge in [0.15, 0.2) is 0 Å². The Morgan fingerprint density at radius 3 is 2.65 bits per heavy atom. The van der Waals surface area contributed by atoms with Gasteiger partial charge in [-0.05, 0) is 37.3 Å². The van der Waals surface area contributed by atoms with Gasteiger partial charge in [-0.15, -0.1) is 0 Å². The topological polar surface area (TPSA) is 63.1 Å². The van der Waals surface area contributed by atoms with Crippen molar-refractivity contribution in [3.8, 4) is 11.4 Å². The molecule has 0 spiro atoms. The Hall–Kier alpha value is -2.75. The van der Waals surface area contributed by atoms with E-state index in [1.165, 1.54) is 0 Å². The number of carboxylic acids is 1. The number of fused-ring (bicyclic) bond motifs is 1. The molecule has 1 N–H and O–H groups in total. The average Bonchev–Trinajstić information content (AvgIpc) is 2.47. The van der Waals surface area contributed by atoms with Crippen LogP contribution in [-0.4, -0.2) is 21.0 Å². The molecule has 0 aliphatic carbocycles. The van der Waals surface area contributed by atoms with Gasteiger partial charge < -0.3 is 5.11 Å². The standard InChI is InChI=1S/C16H12N2O2/c1-10-5-6-13-11(8-10)12(16(19)20)9-15(18-13)14-4-2-3-7-17-14/h2-9H,1H3,(H,19,20). The van der Waals surface area contributed by atoms with Gasteiger partial charge in [0.2, 0.25) is 0 Å². The molecular formula is C16H12N2O2. The van der Waals surface area contributed by atoms with E-state index in [4.69, 9.17) is 0 Å². The molecule has 2 aromatic heterocycles. The predicted molar refractivity (Wildman–Crippen MR) is 76.7 cm³/mol. The van der Waals surface area contributed by atoms with Gasteiger partial charge in [0, 0.05) is 11.6 Å². The summed E-state index contributed by atoms with van der Waals surface area (Å²) in [5.74, 6) is -0.958. The number of pyridine rings is 2. The SMILES string of the molecule is Cc1ccc2nc(-c3ccccn3)cc(C(=O)O)c2c1. The molecular weight excluding hydrogens is 252 g/mol. The summed E-state index contributed by atoms with van der Waals surface area (Å²) in [6.07, 6.45) is 1.66. The Morgan fingerprint density at radius 1 is 1.10 bits per heavy atom. The van der Waals surface area contributed by atoms with Gasteiger partial charge in [-0.3, -0.25) is 4.98 Å². The van der Waals surface area contributed by atoms with Crippen LogP contribution in [0, 0.1) is 6.92 Å². The van der Waals surface area contributed by atoms with Crippen LogP contribution in [-0.2, 0) is 0 Å². The van der Waals surface area contributed by atoms with Crippen molar-refractivity contribution >= 4 is 16.9 Å². The first-order valence-electron chi connectivity index (χ1n) is 6.21. The zero-order chi connectivity index (χ0) is 14.1. The Bertz CT molecular complexity index is 798. The minimum atomic E-state index is -0.958. The van der Waals surface area contributed by atoms with Crippen LogP contribution < -0.4 is 0 Å².